The molecular formula is C20H24FN3O2. The maximum Gasteiger partial charge on any atom is 0.244 e. The minimum atomic E-state index is -0.587. The first-order chi connectivity index (χ1) is 12.6. The number of nitrogens with zero attached hydrogens (tertiary/aromatic N) is 3. The van der Waals surface area contributed by atoms with Gasteiger partial charge in [-0.3, -0.25) is 9.48 Å². The summed E-state index contributed by atoms with van der Waals surface area (Å²) in [7, 11) is 0. The van der Waals surface area contributed by atoms with Crippen LogP contribution in [0.3, 0.4) is 0 Å². The zero-order chi connectivity index (χ0) is 18.1. The molecule has 1 N–H and O–H groups in total. The molecule has 2 heterocycles. The van der Waals surface area contributed by atoms with Gasteiger partial charge in [0.25, 0.3) is 0 Å². The lowest BCUT2D eigenvalue weighted by molar-refractivity contribution is -0.136. The van der Waals surface area contributed by atoms with Gasteiger partial charge in [0.1, 0.15) is 12.4 Å². The van der Waals surface area contributed by atoms with Gasteiger partial charge in [0.05, 0.1) is 11.8 Å². The first-order valence-corrected chi connectivity index (χ1v) is 9.32. The lowest BCUT2D eigenvalue weighted by atomic mass is 9.88. The van der Waals surface area contributed by atoms with Crippen LogP contribution in [0.25, 0.3) is 0 Å². The van der Waals surface area contributed by atoms with Crippen molar-refractivity contribution in [3.8, 4) is 0 Å². The van der Waals surface area contributed by atoms with E-state index in [0.29, 0.717) is 25.4 Å². The summed E-state index contributed by atoms with van der Waals surface area (Å²) >= 11 is 0. The molecule has 2 aliphatic rings. The Kier molecular flexibility index (Phi) is 4.76. The number of hydrogen-bond acceptors (Lipinski definition) is 3. The zero-order valence-corrected chi connectivity index (χ0v) is 14.7. The average Bonchev–Trinajstić information content (AvgIpc) is 3.36. The highest BCUT2D eigenvalue weighted by Crippen LogP contribution is 2.38. The van der Waals surface area contributed by atoms with E-state index in [0.717, 1.165) is 17.7 Å². The van der Waals surface area contributed by atoms with E-state index in [9.17, 15) is 14.3 Å². The van der Waals surface area contributed by atoms with Crippen LogP contribution in [0.2, 0.25) is 0 Å². The van der Waals surface area contributed by atoms with Crippen molar-refractivity contribution >= 4 is 5.91 Å². The summed E-state index contributed by atoms with van der Waals surface area (Å²) in [6.07, 6.45) is 5.00. The largest absolute Gasteiger partial charge is 0.391 e. The lowest BCUT2D eigenvalue weighted by Crippen LogP contribution is -2.48. The van der Waals surface area contributed by atoms with Crippen LogP contribution in [-0.2, 0) is 17.8 Å². The Hall–Kier alpha value is -2.21. The van der Waals surface area contributed by atoms with Gasteiger partial charge in [-0.25, -0.2) is 4.39 Å². The second-order valence-corrected chi connectivity index (χ2v) is 7.50. The summed E-state index contributed by atoms with van der Waals surface area (Å²) in [5.74, 6) is 0.354. The number of likely N-dealkylation sites (tertiary alicyclic amines) is 1. The third-order valence-corrected chi connectivity index (χ3v) is 5.42. The summed E-state index contributed by atoms with van der Waals surface area (Å²) in [6, 6.07) is 8.49. The quantitative estimate of drug-likeness (QED) is 0.894. The summed E-state index contributed by atoms with van der Waals surface area (Å²) < 4.78 is 15.0. The third kappa shape index (κ3) is 3.96. The molecule has 1 aliphatic carbocycles. The number of rotatable bonds is 5. The molecule has 2 aromatic rings. The number of hydrogen-bond donors (Lipinski definition) is 1. The van der Waals surface area contributed by atoms with E-state index in [1.54, 1.807) is 15.6 Å². The number of aliphatic hydroxyl groups excluding tert-OH is 1. The Morgan fingerprint density at radius 3 is 2.85 bits per heavy atom. The molecule has 1 saturated heterocycles. The molecule has 0 spiro atoms. The molecule has 26 heavy (non-hydrogen) atoms. The number of halogens is 1. The summed E-state index contributed by atoms with van der Waals surface area (Å²) in [4.78, 5) is 14.2. The van der Waals surface area contributed by atoms with Crippen LogP contribution in [-0.4, -0.2) is 44.9 Å². The van der Waals surface area contributed by atoms with E-state index in [1.165, 1.54) is 25.0 Å². The molecule has 2 fully saturated rings. The van der Waals surface area contributed by atoms with Crippen molar-refractivity contribution in [3.63, 3.8) is 0 Å². The predicted molar refractivity (Wildman–Crippen MR) is 95.0 cm³/mol. The molecule has 2 atom stereocenters. The molecule has 5 nitrogen and oxygen atoms in total. The smallest absolute Gasteiger partial charge is 0.244 e. The van der Waals surface area contributed by atoms with Crippen molar-refractivity contribution in [2.24, 2.45) is 5.92 Å². The van der Waals surface area contributed by atoms with E-state index in [-0.39, 0.29) is 24.2 Å². The minimum Gasteiger partial charge on any atom is -0.391 e. The summed E-state index contributed by atoms with van der Waals surface area (Å²) in [5, 5.41) is 14.9. The Morgan fingerprint density at radius 2 is 2.12 bits per heavy atom. The Bertz CT molecular complexity index is 787. The number of carbonyl (C=O) groups excluding carboxylic acids is 1. The number of benzene rings is 1. The van der Waals surface area contributed by atoms with Crippen molar-refractivity contribution in [2.75, 3.05) is 13.1 Å². The van der Waals surface area contributed by atoms with E-state index in [1.807, 2.05) is 18.3 Å². The van der Waals surface area contributed by atoms with Gasteiger partial charge >= 0.3 is 0 Å². The molecule has 4 rings (SSSR count). The van der Waals surface area contributed by atoms with Gasteiger partial charge in [0, 0.05) is 25.2 Å². The van der Waals surface area contributed by atoms with Crippen molar-refractivity contribution in [2.45, 2.75) is 44.2 Å². The van der Waals surface area contributed by atoms with Gasteiger partial charge in [-0.2, -0.15) is 5.10 Å². The van der Waals surface area contributed by atoms with Gasteiger partial charge in [0.15, 0.2) is 0 Å². The van der Waals surface area contributed by atoms with Crippen molar-refractivity contribution in [1.29, 1.82) is 0 Å². The molecule has 1 aromatic carbocycles. The van der Waals surface area contributed by atoms with Crippen molar-refractivity contribution < 1.29 is 14.3 Å². The summed E-state index contributed by atoms with van der Waals surface area (Å²) in [6.45, 7) is 1.16. The number of aliphatic hydroxyl groups is 1. The van der Waals surface area contributed by atoms with Crippen LogP contribution in [0, 0.1) is 11.7 Å². The van der Waals surface area contributed by atoms with Gasteiger partial charge in [-0.05, 0) is 55.4 Å². The fourth-order valence-corrected chi connectivity index (χ4v) is 3.71. The average molecular weight is 357 g/mol. The normalized spacial score (nSPS) is 23.2. The molecule has 1 aromatic heterocycles. The molecule has 0 unspecified atom stereocenters. The standard InChI is InChI=1S/C20H24FN3O2/c21-17-3-1-2-14(11-17)10-16-6-8-23(12-19(16)25)20(26)13-24-9-7-18(22-24)15-4-5-15/h1-3,7,9,11,15-16,19,25H,4-6,8,10,12-13H2/t16-,19-/m1/s1. The molecule has 138 valence electrons. The van der Waals surface area contributed by atoms with Crippen molar-refractivity contribution in [1.82, 2.24) is 14.7 Å². The minimum absolute atomic E-state index is 0.0151. The number of amides is 1. The molecule has 1 aliphatic heterocycles. The number of aromatic nitrogens is 2. The van der Waals surface area contributed by atoms with Crippen LogP contribution in [0.5, 0.6) is 0 Å². The summed E-state index contributed by atoms with van der Waals surface area (Å²) in [5.41, 5.74) is 1.96. The van der Waals surface area contributed by atoms with E-state index in [2.05, 4.69) is 5.10 Å². The first kappa shape index (κ1) is 17.2. The van der Waals surface area contributed by atoms with Gasteiger partial charge < -0.3 is 10.0 Å². The second kappa shape index (κ2) is 7.19. The van der Waals surface area contributed by atoms with Gasteiger partial charge in [-0.1, -0.05) is 12.1 Å². The Labute approximate surface area is 152 Å². The van der Waals surface area contributed by atoms with Crippen LogP contribution < -0.4 is 0 Å². The molecular weight excluding hydrogens is 333 g/mol. The maximum absolute atomic E-state index is 13.3. The SMILES string of the molecule is O=C(Cn1ccc(C2CC2)n1)N1CC[C@H](Cc2cccc(F)c2)[C@H](O)C1. The molecule has 0 bridgehead atoms. The first-order valence-electron chi connectivity index (χ1n) is 9.32. The zero-order valence-electron chi connectivity index (χ0n) is 14.7. The maximum atomic E-state index is 13.3. The fraction of sp³-hybridized carbons (Fsp3) is 0.500. The van der Waals surface area contributed by atoms with E-state index >= 15 is 0 Å². The number of piperidine rings is 1. The van der Waals surface area contributed by atoms with Crippen LogP contribution in [0.4, 0.5) is 4.39 Å². The van der Waals surface area contributed by atoms with Crippen LogP contribution >= 0.6 is 0 Å². The predicted octanol–water partition coefficient (Wildman–Crippen LogP) is 2.35. The topological polar surface area (TPSA) is 58.4 Å². The highest BCUT2D eigenvalue weighted by Gasteiger charge is 2.31. The van der Waals surface area contributed by atoms with Crippen LogP contribution in [0.15, 0.2) is 36.5 Å². The highest BCUT2D eigenvalue weighted by molar-refractivity contribution is 5.76. The number of carbonyl (C=O) groups is 1. The second-order valence-electron chi connectivity index (χ2n) is 7.50. The van der Waals surface area contributed by atoms with Gasteiger partial charge in [-0.15, -0.1) is 0 Å². The molecule has 6 heteroatoms. The Balaban J connectivity index is 1.31. The highest BCUT2D eigenvalue weighted by atomic mass is 19.1. The molecule has 1 amide bonds. The van der Waals surface area contributed by atoms with E-state index < -0.39 is 6.10 Å². The number of β-amino-alcohol motifs (C(OH)–C–C–N with tert-alkyl or cyclic N) is 1. The van der Waals surface area contributed by atoms with Crippen LogP contribution in [0.1, 0.15) is 36.4 Å². The molecule has 1 saturated carbocycles. The third-order valence-electron chi connectivity index (χ3n) is 5.42. The fourth-order valence-electron chi connectivity index (χ4n) is 3.71. The van der Waals surface area contributed by atoms with Crippen molar-refractivity contribution in [3.05, 3.63) is 53.6 Å². The Morgan fingerprint density at radius 1 is 1.27 bits per heavy atom. The lowest BCUT2D eigenvalue weighted by Gasteiger charge is -2.36. The molecule has 0 radical (unpaired) electrons. The van der Waals surface area contributed by atoms with E-state index in [4.69, 9.17) is 0 Å². The van der Waals surface area contributed by atoms with Gasteiger partial charge in [0.2, 0.25) is 5.91 Å². The monoisotopic (exact) mass is 357 g/mol.